The fourth-order valence-corrected chi connectivity index (χ4v) is 2.15. The van der Waals surface area contributed by atoms with E-state index in [4.69, 9.17) is 0 Å². The molecular weight excluding hydrogens is 190 g/mol. The number of aryl methyl sites for hydroxylation is 1. The summed E-state index contributed by atoms with van der Waals surface area (Å²) in [6.07, 6.45) is 6.29. The van der Waals surface area contributed by atoms with Gasteiger partial charge < -0.3 is 10.4 Å². The van der Waals surface area contributed by atoms with E-state index in [2.05, 4.69) is 10.4 Å². The fraction of sp³-hybridized carbons (Fsp3) is 0.727. The second-order valence-electron chi connectivity index (χ2n) is 4.55. The Morgan fingerprint density at radius 2 is 2.40 bits per heavy atom. The molecule has 0 radical (unpaired) electrons. The predicted molar refractivity (Wildman–Crippen MR) is 58.6 cm³/mol. The van der Waals surface area contributed by atoms with E-state index in [0.29, 0.717) is 5.92 Å². The third-order valence-electron chi connectivity index (χ3n) is 3.35. The van der Waals surface area contributed by atoms with Crippen molar-refractivity contribution in [2.24, 2.45) is 5.92 Å². The van der Waals surface area contributed by atoms with E-state index < -0.39 is 0 Å². The van der Waals surface area contributed by atoms with Crippen LogP contribution >= 0.6 is 0 Å². The number of aliphatic hydroxyl groups is 1. The monoisotopic (exact) mass is 209 g/mol. The second-order valence-corrected chi connectivity index (χ2v) is 4.55. The number of hydrogen-bond acceptors (Lipinski definition) is 3. The molecule has 4 heteroatoms. The van der Waals surface area contributed by atoms with Gasteiger partial charge in [-0.25, -0.2) is 0 Å². The van der Waals surface area contributed by atoms with Crippen LogP contribution in [0.15, 0.2) is 12.4 Å². The SMILES string of the molecule is CNC(CO)(Cn1cc(C)cn1)C1CC1. The van der Waals surface area contributed by atoms with Crippen LogP contribution in [0.2, 0.25) is 0 Å². The van der Waals surface area contributed by atoms with E-state index in [1.165, 1.54) is 12.8 Å². The Hall–Kier alpha value is -0.870. The fourth-order valence-electron chi connectivity index (χ4n) is 2.15. The molecular formula is C11H19N3O. The average Bonchev–Trinajstić information content (AvgIpc) is 3.01. The Bertz CT molecular complexity index is 326. The van der Waals surface area contributed by atoms with E-state index >= 15 is 0 Å². The number of likely N-dealkylation sites (N-methyl/N-ethyl adjacent to an activating group) is 1. The van der Waals surface area contributed by atoms with Crippen LogP contribution in [0.1, 0.15) is 18.4 Å². The highest BCUT2D eigenvalue weighted by molar-refractivity contribution is 5.04. The standard InChI is InChI=1S/C11H19N3O/c1-9-5-13-14(6-9)7-11(8-15,12-2)10-3-4-10/h5-6,10,12,15H,3-4,7-8H2,1-2H3. The van der Waals surface area contributed by atoms with Crippen LogP contribution in [0.5, 0.6) is 0 Å². The minimum atomic E-state index is -0.182. The topological polar surface area (TPSA) is 50.1 Å². The van der Waals surface area contributed by atoms with Gasteiger partial charge in [-0.05, 0) is 38.3 Å². The molecule has 0 aromatic carbocycles. The smallest absolute Gasteiger partial charge is 0.0638 e. The number of rotatable bonds is 5. The van der Waals surface area contributed by atoms with Gasteiger partial charge in [0.2, 0.25) is 0 Å². The molecule has 1 saturated carbocycles. The summed E-state index contributed by atoms with van der Waals surface area (Å²) in [6, 6.07) is 0. The number of nitrogens with zero attached hydrogens (tertiary/aromatic N) is 2. The van der Waals surface area contributed by atoms with Gasteiger partial charge in [0.1, 0.15) is 0 Å². The summed E-state index contributed by atoms with van der Waals surface area (Å²) < 4.78 is 1.92. The minimum absolute atomic E-state index is 0.174. The third-order valence-corrected chi connectivity index (χ3v) is 3.35. The normalized spacial score (nSPS) is 20.2. The maximum Gasteiger partial charge on any atom is 0.0638 e. The lowest BCUT2D eigenvalue weighted by atomic mass is 9.94. The van der Waals surface area contributed by atoms with E-state index in [0.717, 1.165) is 12.1 Å². The summed E-state index contributed by atoms with van der Waals surface area (Å²) in [4.78, 5) is 0. The zero-order valence-electron chi connectivity index (χ0n) is 9.40. The molecule has 2 rings (SSSR count). The summed E-state index contributed by atoms with van der Waals surface area (Å²) in [5, 5.41) is 17.1. The van der Waals surface area contributed by atoms with Gasteiger partial charge in [0.05, 0.1) is 24.9 Å². The highest BCUT2D eigenvalue weighted by Crippen LogP contribution is 2.40. The lowest BCUT2D eigenvalue weighted by molar-refractivity contribution is 0.126. The van der Waals surface area contributed by atoms with Gasteiger partial charge in [-0.1, -0.05) is 0 Å². The molecule has 1 aliphatic carbocycles. The molecule has 0 saturated heterocycles. The van der Waals surface area contributed by atoms with Crippen LogP contribution in [0, 0.1) is 12.8 Å². The van der Waals surface area contributed by atoms with Crippen LogP contribution in [0.4, 0.5) is 0 Å². The molecule has 0 amide bonds. The lowest BCUT2D eigenvalue weighted by Gasteiger charge is -2.31. The van der Waals surface area contributed by atoms with Crippen LogP contribution < -0.4 is 5.32 Å². The van der Waals surface area contributed by atoms with Crippen LogP contribution in [0.25, 0.3) is 0 Å². The van der Waals surface area contributed by atoms with Crippen molar-refractivity contribution in [1.82, 2.24) is 15.1 Å². The van der Waals surface area contributed by atoms with E-state index in [1.807, 2.05) is 31.0 Å². The molecule has 2 N–H and O–H groups in total. The quantitative estimate of drug-likeness (QED) is 0.744. The van der Waals surface area contributed by atoms with E-state index in [-0.39, 0.29) is 12.1 Å². The van der Waals surface area contributed by atoms with Crippen LogP contribution in [-0.2, 0) is 6.54 Å². The Morgan fingerprint density at radius 1 is 1.67 bits per heavy atom. The van der Waals surface area contributed by atoms with Gasteiger partial charge in [-0.15, -0.1) is 0 Å². The summed E-state index contributed by atoms with van der Waals surface area (Å²) in [7, 11) is 1.92. The van der Waals surface area contributed by atoms with Crippen molar-refractivity contribution in [3.8, 4) is 0 Å². The van der Waals surface area contributed by atoms with Crippen molar-refractivity contribution in [3.63, 3.8) is 0 Å². The molecule has 1 aliphatic rings. The molecule has 1 fully saturated rings. The molecule has 1 unspecified atom stereocenters. The molecule has 1 aromatic rings. The van der Waals surface area contributed by atoms with E-state index in [1.54, 1.807) is 0 Å². The molecule has 1 heterocycles. The Labute approximate surface area is 90.3 Å². The molecule has 0 bridgehead atoms. The highest BCUT2D eigenvalue weighted by atomic mass is 16.3. The largest absolute Gasteiger partial charge is 0.394 e. The summed E-state index contributed by atoms with van der Waals surface area (Å²) in [5.41, 5.74) is 0.979. The first kappa shape index (κ1) is 10.6. The minimum Gasteiger partial charge on any atom is -0.394 e. The van der Waals surface area contributed by atoms with Crippen LogP contribution in [-0.4, -0.2) is 34.1 Å². The summed E-state index contributed by atoms with van der Waals surface area (Å²) in [5.74, 6) is 0.594. The van der Waals surface area contributed by atoms with Gasteiger partial charge in [0.25, 0.3) is 0 Å². The Morgan fingerprint density at radius 3 is 2.80 bits per heavy atom. The number of aromatic nitrogens is 2. The maximum atomic E-state index is 9.55. The van der Waals surface area contributed by atoms with Gasteiger partial charge >= 0.3 is 0 Å². The van der Waals surface area contributed by atoms with Crippen molar-refractivity contribution < 1.29 is 5.11 Å². The molecule has 1 atom stereocenters. The molecule has 15 heavy (non-hydrogen) atoms. The van der Waals surface area contributed by atoms with Crippen molar-refractivity contribution in [2.75, 3.05) is 13.7 Å². The number of hydrogen-bond donors (Lipinski definition) is 2. The van der Waals surface area contributed by atoms with Crippen LogP contribution in [0.3, 0.4) is 0 Å². The van der Waals surface area contributed by atoms with Crippen molar-refractivity contribution in [3.05, 3.63) is 18.0 Å². The Balaban J connectivity index is 2.12. The highest BCUT2D eigenvalue weighted by Gasteiger charge is 2.44. The first-order chi connectivity index (χ1) is 7.20. The summed E-state index contributed by atoms with van der Waals surface area (Å²) in [6.45, 7) is 2.95. The van der Waals surface area contributed by atoms with E-state index in [9.17, 15) is 5.11 Å². The van der Waals surface area contributed by atoms with Crippen molar-refractivity contribution in [1.29, 1.82) is 0 Å². The second kappa shape index (κ2) is 3.94. The predicted octanol–water partition coefficient (Wildman–Crippen LogP) is 0.552. The van der Waals surface area contributed by atoms with Crippen molar-refractivity contribution in [2.45, 2.75) is 31.8 Å². The molecule has 4 nitrogen and oxygen atoms in total. The number of aliphatic hydroxyl groups excluding tert-OH is 1. The zero-order chi connectivity index (χ0) is 10.9. The first-order valence-electron chi connectivity index (χ1n) is 5.49. The summed E-state index contributed by atoms with van der Waals surface area (Å²) >= 11 is 0. The van der Waals surface area contributed by atoms with Gasteiger partial charge in [0, 0.05) is 6.20 Å². The zero-order valence-corrected chi connectivity index (χ0v) is 9.40. The van der Waals surface area contributed by atoms with Gasteiger partial charge in [-0.2, -0.15) is 5.10 Å². The molecule has 84 valence electrons. The van der Waals surface area contributed by atoms with Gasteiger partial charge in [0.15, 0.2) is 0 Å². The lowest BCUT2D eigenvalue weighted by Crippen LogP contribution is -2.52. The maximum absolute atomic E-state index is 9.55. The van der Waals surface area contributed by atoms with Crippen molar-refractivity contribution >= 4 is 0 Å². The molecule has 0 spiro atoms. The first-order valence-corrected chi connectivity index (χ1v) is 5.49. The molecule has 1 aromatic heterocycles. The average molecular weight is 209 g/mol. The molecule has 0 aliphatic heterocycles. The number of nitrogens with one attached hydrogen (secondary N) is 1. The third kappa shape index (κ3) is 2.06. The Kier molecular flexibility index (Phi) is 2.80. The van der Waals surface area contributed by atoms with Gasteiger partial charge in [-0.3, -0.25) is 4.68 Å².